The molecule has 5 rings (SSSR count). The SMILES string of the molecule is COc1ccc(C2(C(=O)N3CCOC[C@H](Cc4ccc5ccncc5c4)C3)CCOCC2)cc1. The molecule has 0 unspecified atom stereocenters. The third-order valence-electron chi connectivity index (χ3n) is 7.25. The van der Waals surface area contributed by atoms with Crippen LogP contribution in [-0.4, -0.2) is 62.4 Å². The second-order valence-corrected chi connectivity index (χ2v) is 9.38. The molecule has 0 bridgehead atoms. The number of carbonyl (C=O) groups excluding carboxylic acids is 1. The van der Waals surface area contributed by atoms with E-state index in [0.29, 0.717) is 52.4 Å². The maximum Gasteiger partial charge on any atom is 0.233 e. The highest BCUT2D eigenvalue weighted by Crippen LogP contribution is 2.38. The number of pyridine rings is 1. The summed E-state index contributed by atoms with van der Waals surface area (Å²) in [5.74, 6) is 1.24. The molecule has 0 aliphatic carbocycles. The first-order chi connectivity index (χ1) is 16.7. The number of ether oxygens (including phenoxy) is 3. The van der Waals surface area contributed by atoms with Crippen molar-refractivity contribution in [3.63, 3.8) is 0 Å². The lowest BCUT2D eigenvalue weighted by Crippen LogP contribution is -2.51. The van der Waals surface area contributed by atoms with Gasteiger partial charge in [0.15, 0.2) is 0 Å². The molecule has 34 heavy (non-hydrogen) atoms. The van der Waals surface area contributed by atoms with Crippen molar-refractivity contribution in [2.45, 2.75) is 24.7 Å². The zero-order valence-corrected chi connectivity index (χ0v) is 19.7. The van der Waals surface area contributed by atoms with Crippen LogP contribution in [0.5, 0.6) is 5.75 Å². The average Bonchev–Trinajstić information content (AvgIpc) is 3.14. The van der Waals surface area contributed by atoms with E-state index in [0.717, 1.165) is 23.1 Å². The third-order valence-corrected chi connectivity index (χ3v) is 7.25. The van der Waals surface area contributed by atoms with Gasteiger partial charge >= 0.3 is 0 Å². The van der Waals surface area contributed by atoms with Crippen LogP contribution < -0.4 is 4.74 Å². The Kier molecular flexibility index (Phi) is 6.79. The number of aromatic nitrogens is 1. The van der Waals surface area contributed by atoms with Crippen LogP contribution in [0.1, 0.15) is 24.0 Å². The second kappa shape index (κ2) is 10.1. The minimum atomic E-state index is -0.561. The molecule has 3 heterocycles. The van der Waals surface area contributed by atoms with Crippen molar-refractivity contribution in [3.05, 3.63) is 72.1 Å². The molecule has 1 aromatic heterocycles. The number of nitrogens with zero attached hydrogens (tertiary/aromatic N) is 2. The molecule has 0 N–H and O–H groups in total. The van der Waals surface area contributed by atoms with Crippen molar-refractivity contribution in [1.82, 2.24) is 9.88 Å². The fourth-order valence-electron chi connectivity index (χ4n) is 5.34. The summed E-state index contributed by atoms with van der Waals surface area (Å²) in [6.45, 7) is 3.73. The quantitative estimate of drug-likeness (QED) is 0.576. The van der Waals surface area contributed by atoms with E-state index in [2.05, 4.69) is 23.2 Å². The number of rotatable bonds is 5. The van der Waals surface area contributed by atoms with Gasteiger partial charge in [-0.1, -0.05) is 24.3 Å². The van der Waals surface area contributed by atoms with Crippen LogP contribution in [0.25, 0.3) is 10.8 Å². The normalized spacial score (nSPS) is 20.6. The van der Waals surface area contributed by atoms with Crippen molar-refractivity contribution in [2.75, 3.05) is 46.6 Å². The summed E-state index contributed by atoms with van der Waals surface area (Å²) in [6, 6.07) is 16.5. The Morgan fingerprint density at radius 3 is 2.68 bits per heavy atom. The van der Waals surface area contributed by atoms with Gasteiger partial charge in [-0.3, -0.25) is 9.78 Å². The van der Waals surface area contributed by atoms with E-state index in [1.54, 1.807) is 7.11 Å². The molecule has 2 fully saturated rings. The van der Waals surface area contributed by atoms with Gasteiger partial charge in [-0.2, -0.15) is 0 Å². The van der Waals surface area contributed by atoms with Crippen LogP contribution in [0, 0.1) is 5.92 Å². The standard InChI is InChI=1S/C28H32N2O4/c1-32-26-6-4-25(5-7-26)28(9-13-33-14-10-28)27(31)30-12-15-34-20-22(19-30)16-21-2-3-23-8-11-29-18-24(23)17-21/h2-8,11,17-18,22H,9-10,12-16,19-20H2,1H3/t22-/m1/s1. The first-order valence-corrected chi connectivity index (χ1v) is 12.1. The number of methoxy groups -OCH3 is 1. The summed E-state index contributed by atoms with van der Waals surface area (Å²) in [4.78, 5) is 20.4. The lowest BCUT2D eigenvalue weighted by Gasteiger charge is -2.40. The molecule has 2 aliphatic heterocycles. The van der Waals surface area contributed by atoms with Gasteiger partial charge in [-0.05, 0) is 60.0 Å². The van der Waals surface area contributed by atoms with Crippen LogP contribution in [0.15, 0.2) is 60.9 Å². The Labute approximate surface area is 200 Å². The number of hydrogen-bond donors (Lipinski definition) is 0. The molecule has 6 nitrogen and oxygen atoms in total. The molecule has 0 radical (unpaired) electrons. The zero-order valence-electron chi connectivity index (χ0n) is 19.7. The van der Waals surface area contributed by atoms with E-state index in [1.165, 1.54) is 10.9 Å². The summed E-state index contributed by atoms with van der Waals surface area (Å²) in [5.41, 5.74) is 1.73. The Morgan fingerprint density at radius 2 is 1.88 bits per heavy atom. The highest BCUT2D eigenvalue weighted by molar-refractivity contribution is 5.88. The summed E-state index contributed by atoms with van der Waals surface area (Å²) in [6.07, 6.45) is 5.98. The Balaban J connectivity index is 1.37. The van der Waals surface area contributed by atoms with Gasteiger partial charge in [-0.15, -0.1) is 0 Å². The maximum absolute atomic E-state index is 14.1. The van der Waals surface area contributed by atoms with Gasteiger partial charge in [-0.25, -0.2) is 0 Å². The van der Waals surface area contributed by atoms with Crippen LogP contribution in [-0.2, 0) is 26.1 Å². The Hall–Kier alpha value is -2.96. The molecule has 0 saturated carbocycles. The average molecular weight is 461 g/mol. The third kappa shape index (κ3) is 4.65. The molecule has 1 atom stereocenters. The van der Waals surface area contributed by atoms with Gasteiger partial charge < -0.3 is 19.1 Å². The Bertz CT molecular complexity index is 1120. The predicted molar refractivity (Wildman–Crippen MR) is 131 cm³/mol. The van der Waals surface area contributed by atoms with Gasteiger partial charge in [0.25, 0.3) is 0 Å². The largest absolute Gasteiger partial charge is 0.497 e. The smallest absolute Gasteiger partial charge is 0.233 e. The van der Waals surface area contributed by atoms with Gasteiger partial charge in [0.2, 0.25) is 5.91 Å². The molecule has 1 amide bonds. The van der Waals surface area contributed by atoms with E-state index in [9.17, 15) is 4.79 Å². The van der Waals surface area contributed by atoms with E-state index in [4.69, 9.17) is 14.2 Å². The minimum absolute atomic E-state index is 0.194. The highest BCUT2D eigenvalue weighted by Gasteiger charge is 2.44. The molecule has 2 aliphatic rings. The molecule has 178 valence electrons. The van der Waals surface area contributed by atoms with Crippen LogP contribution in [0.3, 0.4) is 0 Å². The fourth-order valence-corrected chi connectivity index (χ4v) is 5.34. The molecule has 6 heteroatoms. The maximum atomic E-state index is 14.1. The first kappa shape index (κ1) is 22.8. The minimum Gasteiger partial charge on any atom is -0.497 e. The fraction of sp³-hybridized carbons (Fsp3) is 0.429. The number of benzene rings is 2. The summed E-state index contributed by atoms with van der Waals surface area (Å²) in [7, 11) is 1.66. The van der Waals surface area contributed by atoms with Crippen molar-refractivity contribution < 1.29 is 19.0 Å². The summed E-state index contributed by atoms with van der Waals surface area (Å²) < 4.78 is 17.0. The monoisotopic (exact) mass is 460 g/mol. The Morgan fingerprint density at radius 1 is 1.06 bits per heavy atom. The first-order valence-electron chi connectivity index (χ1n) is 12.1. The topological polar surface area (TPSA) is 60.9 Å². The zero-order chi connectivity index (χ0) is 23.4. The lowest BCUT2D eigenvalue weighted by atomic mass is 9.72. The van der Waals surface area contributed by atoms with E-state index < -0.39 is 5.41 Å². The molecule has 2 saturated heterocycles. The van der Waals surface area contributed by atoms with Crippen molar-refractivity contribution in [2.24, 2.45) is 5.92 Å². The van der Waals surface area contributed by atoms with Gasteiger partial charge in [0.05, 0.1) is 25.7 Å². The highest BCUT2D eigenvalue weighted by atomic mass is 16.5. The number of hydrogen-bond acceptors (Lipinski definition) is 5. The molecule has 0 spiro atoms. The van der Waals surface area contributed by atoms with Crippen molar-refractivity contribution in [3.8, 4) is 5.75 Å². The van der Waals surface area contributed by atoms with Crippen LogP contribution in [0.2, 0.25) is 0 Å². The molecule has 2 aromatic carbocycles. The lowest BCUT2D eigenvalue weighted by molar-refractivity contribution is -0.141. The van der Waals surface area contributed by atoms with Crippen LogP contribution in [0.4, 0.5) is 0 Å². The van der Waals surface area contributed by atoms with E-state index in [1.807, 2.05) is 47.6 Å². The molecular weight excluding hydrogens is 428 g/mol. The number of amides is 1. The summed E-state index contributed by atoms with van der Waals surface area (Å²) in [5, 5.41) is 2.33. The van der Waals surface area contributed by atoms with E-state index >= 15 is 0 Å². The van der Waals surface area contributed by atoms with Gasteiger partial charge in [0, 0.05) is 50.0 Å². The number of carbonyl (C=O) groups is 1. The summed E-state index contributed by atoms with van der Waals surface area (Å²) >= 11 is 0. The van der Waals surface area contributed by atoms with Crippen LogP contribution >= 0.6 is 0 Å². The van der Waals surface area contributed by atoms with Crippen molar-refractivity contribution >= 4 is 16.7 Å². The molecule has 3 aromatic rings. The second-order valence-electron chi connectivity index (χ2n) is 9.38. The van der Waals surface area contributed by atoms with E-state index in [-0.39, 0.29) is 11.8 Å². The van der Waals surface area contributed by atoms with Gasteiger partial charge in [0.1, 0.15) is 5.75 Å². The predicted octanol–water partition coefficient (Wildman–Crippen LogP) is 4.01. The molecular formula is C28H32N2O4. The number of fused-ring (bicyclic) bond motifs is 1. The van der Waals surface area contributed by atoms with Crippen molar-refractivity contribution in [1.29, 1.82) is 0 Å².